The third-order valence-corrected chi connectivity index (χ3v) is 4.70. The smallest absolute Gasteiger partial charge is 0.339 e. The predicted octanol–water partition coefficient (Wildman–Crippen LogP) is 3.49. The van der Waals surface area contributed by atoms with Crippen molar-refractivity contribution in [1.29, 1.82) is 0 Å². The second-order valence-electron chi connectivity index (χ2n) is 5.10. The van der Waals surface area contributed by atoms with Gasteiger partial charge in [0.2, 0.25) is 0 Å². The Balaban J connectivity index is 2.38. The van der Waals surface area contributed by atoms with Gasteiger partial charge in [0.15, 0.2) is 5.75 Å². The number of aryl methyl sites for hydroxylation is 1. The molecule has 1 aromatic heterocycles. The Kier molecular flexibility index (Phi) is 5.38. The molecule has 25 heavy (non-hydrogen) atoms. The maximum absolute atomic E-state index is 12.4. The van der Waals surface area contributed by atoms with Crippen molar-refractivity contribution in [3.8, 4) is 5.75 Å². The second kappa shape index (κ2) is 7.31. The maximum Gasteiger partial charge on any atom is 0.339 e. The van der Waals surface area contributed by atoms with Crippen molar-refractivity contribution in [3.63, 3.8) is 0 Å². The van der Waals surface area contributed by atoms with Crippen LogP contribution in [-0.4, -0.2) is 29.0 Å². The topological polar surface area (TPSA) is 119 Å². The minimum absolute atomic E-state index is 0.0484. The number of carbonyl (C=O) groups is 2. The summed E-state index contributed by atoms with van der Waals surface area (Å²) in [6, 6.07) is 3.70. The first-order valence-corrected chi connectivity index (χ1v) is 8.11. The molecule has 2 aromatic rings. The van der Waals surface area contributed by atoms with Gasteiger partial charge in [-0.15, -0.1) is 11.3 Å². The van der Waals surface area contributed by atoms with E-state index in [4.69, 9.17) is 4.74 Å². The van der Waals surface area contributed by atoms with Crippen LogP contribution in [0.15, 0.2) is 18.2 Å². The number of carboxylic acids is 1. The van der Waals surface area contributed by atoms with Crippen LogP contribution in [0.5, 0.6) is 5.75 Å². The molecule has 132 valence electrons. The molecule has 2 N–H and O–H groups in total. The number of ether oxygens (including phenoxy) is 1. The maximum atomic E-state index is 12.4. The van der Waals surface area contributed by atoms with E-state index in [-0.39, 0.29) is 27.6 Å². The van der Waals surface area contributed by atoms with Crippen molar-refractivity contribution in [2.45, 2.75) is 20.3 Å². The molecule has 0 saturated carbocycles. The zero-order valence-electron chi connectivity index (χ0n) is 13.8. The zero-order valence-corrected chi connectivity index (χ0v) is 14.6. The lowest BCUT2D eigenvalue weighted by molar-refractivity contribution is -0.385. The van der Waals surface area contributed by atoms with Gasteiger partial charge in [-0.3, -0.25) is 14.9 Å². The molecule has 0 aliphatic rings. The number of carboxylic acid groups (broad SMARTS) is 1. The van der Waals surface area contributed by atoms with Crippen LogP contribution in [0.1, 0.15) is 38.1 Å². The predicted molar refractivity (Wildman–Crippen MR) is 93.0 cm³/mol. The molecule has 0 fully saturated rings. The number of thiophene rings is 1. The van der Waals surface area contributed by atoms with Crippen LogP contribution in [0, 0.1) is 17.0 Å². The monoisotopic (exact) mass is 364 g/mol. The minimum atomic E-state index is -1.11. The quantitative estimate of drug-likeness (QED) is 0.598. The van der Waals surface area contributed by atoms with E-state index in [1.54, 1.807) is 6.92 Å². The Labute approximate surface area is 147 Å². The number of carbonyl (C=O) groups excluding carboxylic acids is 1. The molecular formula is C16H16N2O6S. The average Bonchev–Trinajstić information content (AvgIpc) is 2.89. The van der Waals surface area contributed by atoms with Crippen LogP contribution in [0.4, 0.5) is 10.7 Å². The van der Waals surface area contributed by atoms with E-state index < -0.39 is 16.8 Å². The molecule has 2 rings (SSSR count). The molecule has 1 amide bonds. The summed E-state index contributed by atoms with van der Waals surface area (Å²) in [4.78, 5) is 35.0. The largest absolute Gasteiger partial charge is 0.490 e. The van der Waals surface area contributed by atoms with Crippen molar-refractivity contribution in [3.05, 3.63) is 49.9 Å². The Morgan fingerprint density at radius 2 is 2.08 bits per heavy atom. The highest BCUT2D eigenvalue weighted by molar-refractivity contribution is 7.16. The molecule has 8 nitrogen and oxygen atoms in total. The number of amides is 1. The molecule has 0 radical (unpaired) electrons. The number of hydrogen-bond acceptors (Lipinski definition) is 6. The van der Waals surface area contributed by atoms with Gasteiger partial charge in [-0.1, -0.05) is 6.92 Å². The SMILES string of the molecule is CCc1c(C)sc(NC(=O)c2ccc([N+](=O)[O-])c(OC)c2)c1C(=O)O. The van der Waals surface area contributed by atoms with Crippen LogP contribution in [0.3, 0.4) is 0 Å². The molecule has 0 saturated heterocycles. The molecule has 1 heterocycles. The first-order chi connectivity index (χ1) is 11.8. The fraction of sp³-hybridized carbons (Fsp3) is 0.250. The first-order valence-electron chi connectivity index (χ1n) is 7.29. The number of nitro groups is 1. The van der Waals surface area contributed by atoms with Gasteiger partial charge >= 0.3 is 11.7 Å². The number of nitrogens with one attached hydrogen (secondary N) is 1. The fourth-order valence-electron chi connectivity index (χ4n) is 2.46. The van der Waals surface area contributed by atoms with Crippen molar-refractivity contribution in [1.82, 2.24) is 0 Å². The molecule has 0 spiro atoms. The van der Waals surface area contributed by atoms with E-state index in [2.05, 4.69) is 5.32 Å². The normalized spacial score (nSPS) is 10.4. The summed E-state index contributed by atoms with van der Waals surface area (Å²) in [5.74, 6) is -1.73. The number of hydrogen-bond donors (Lipinski definition) is 2. The summed E-state index contributed by atoms with van der Waals surface area (Å²) in [5.41, 5.74) is 0.620. The molecular weight excluding hydrogens is 348 g/mol. The summed E-state index contributed by atoms with van der Waals surface area (Å²) in [6.45, 7) is 3.63. The molecule has 0 bridgehead atoms. The summed E-state index contributed by atoms with van der Waals surface area (Å²) in [7, 11) is 1.27. The third-order valence-electron chi connectivity index (χ3n) is 3.64. The molecule has 0 aliphatic carbocycles. The van der Waals surface area contributed by atoms with E-state index in [9.17, 15) is 24.8 Å². The van der Waals surface area contributed by atoms with Crippen molar-refractivity contribution < 1.29 is 24.4 Å². The lowest BCUT2D eigenvalue weighted by atomic mass is 10.1. The average molecular weight is 364 g/mol. The number of rotatable bonds is 6. The number of benzene rings is 1. The highest BCUT2D eigenvalue weighted by Gasteiger charge is 2.23. The van der Waals surface area contributed by atoms with Gasteiger partial charge in [-0.05, 0) is 25.0 Å². The second-order valence-corrected chi connectivity index (χ2v) is 6.32. The van der Waals surface area contributed by atoms with Gasteiger partial charge in [-0.25, -0.2) is 4.79 Å². The number of nitro benzene ring substituents is 1. The number of methoxy groups -OCH3 is 1. The summed E-state index contributed by atoms with van der Waals surface area (Å²) >= 11 is 1.18. The summed E-state index contributed by atoms with van der Waals surface area (Å²) in [6.07, 6.45) is 0.533. The zero-order chi connectivity index (χ0) is 18.7. The van der Waals surface area contributed by atoms with Crippen LogP contribution in [0.2, 0.25) is 0 Å². The molecule has 1 aromatic carbocycles. The summed E-state index contributed by atoms with van der Waals surface area (Å²) < 4.78 is 4.94. The van der Waals surface area contributed by atoms with Gasteiger partial charge < -0.3 is 15.2 Å². The van der Waals surface area contributed by atoms with Crippen LogP contribution in [0.25, 0.3) is 0 Å². The molecule has 0 unspecified atom stereocenters. The van der Waals surface area contributed by atoms with Gasteiger partial charge in [0.25, 0.3) is 5.91 Å². The number of aromatic carboxylic acids is 1. The van der Waals surface area contributed by atoms with Crippen LogP contribution < -0.4 is 10.1 Å². The van der Waals surface area contributed by atoms with Crippen LogP contribution >= 0.6 is 11.3 Å². The lowest BCUT2D eigenvalue weighted by Crippen LogP contribution is -2.14. The van der Waals surface area contributed by atoms with Crippen molar-refractivity contribution >= 4 is 33.9 Å². The summed E-state index contributed by atoms with van der Waals surface area (Å²) in [5, 5.41) is 23.1. The van der Waals surface area contributed by atoms with E-state index in [1.807, 2.05) is 6.92 Å². The van der Waals surface area contributed by atoms with Crippen molar-refractivity contribution in [2.75, 3.05) is 12.4 Å². The Bertz CT molecular complexity index is 859. The fourth-order valence-corrected chi connectivity index (χ4v) is 3.60. The Hall–Kier alpha value is -2.94. The number of nitrogens with zero attached hydrogens (tertiary/aromatic N) is 1. The van der Waals surface area contributed by atoms with Gasteiger partial charge in [0.05, 0.1) is 17.6 Å². The van der Waals surface area contributed by atoms with E-state index >= 15 is 0 Å². The highest BCUT2D eigenvalue weighted by Crippen LogP contribution is 2.34. The molecule has 0 aliphatic heterocycles. The van der Waals surface area contributed by atoms with E-state index in [1.165, 1.54) is 36.6 Å². The van der Waals surface area contributed by atoms with E-state index in [0.717, 1.165) is 4.88 Å². The third kappa shape index (κ3) is 3.61. The van der Waals surface area contributed by atoms with E-state index in [0.29, 0.717) is 12.0 Å². The molecule has 9 heteroatoms. The standard InChI is InChI=1S/C16H16N2O6S/c1-4-10-8(2)25-15(13(10)16(20)21)17-14(19)9-5-6-11(18(22)23)12(7-9)24-3/h5-7H,4H2,1-3H3,(H,17,19)(H,20,21). The Morgan fingerprint density at radius 3 is 2.60 bits per heavy atom. The molecule has 0 atom stereocenters. The Morgan fingerprint density at radius 1 is 1.40 bits per heavy atom. The van der Waals surface area contributed by atoms with Gasteiger partial charge in [0.1, 0.15) is 5.00 Å². The highest BCUT2D eigenvalue weighted by atomic mass is 32.1. The van der Waals surface area contributed by atoms with Crippen molar-refractivity contribution in [2.24, 2.45) is 0 Å². The van der Waals surface area contributed by atoms with Gasteiger partial charge in [0, 0.05) is 22.6 Å². The minimum Gasteiger partial charge on any atom is -0.490 e. The van der Waals surface area contributed by atoms with Crippen LogP contribution in [-0.2, 0) is 6.42 Å². The first kappa shape index (κ1) is 18.4. The number of anilines is 1. The lowest BCUT2D eigenvalue weighted by Gasteiger charge is -2.07. The van der Waals surface area contributed by atoms with Gasteiger partial charge in [-0.2, -0.15) is 0 Å².